The molecule has 0 aliphatic carbocycles. The minimum absolute atomic E-state index is 0.0128. The zero-order valence-electron chi connectivity index (χ0n) is 20.3. The van der Waals surface area contributed by atoms with E-state index in [9.17, 15) is 4.79 Å². The molecule has 0 bridgehead atoms. The molecule has 1 aromatic carbocycles. The molecule has 8 nitrogen and oxygen atoms in total. The number of Topliss-reactive ketones (excluding diaryl/α,β-unsaturated/α-hetero) is 1. The van der Waals surface area contributed by atoms with E-state index in [1.165, 1.54) is 0 Å². The Hall–Kier alpha value is -3.91. The van der Waals surface area contributed by atoms with Gasteiger partial charge in [-0.25, -0.2) is 15.0 Å². The van der Waals surface area contributed by atoms with E-state index in [0.29, 0.717) is 11.4 Å². The van der Waals surface area contributed by atoms with Crippen molar-refractivity contribution in [3.8, 4) is 11.1 Å². The summed E-state index contributed by atoms with van der Waals surface area (Å²) >= 11 is 0. The zero-order chi connectivity index (χ0) is 24.4. The molecular formula is C27H29N7O. The largest absolute Gasteiger partial charge is 0.376 e. The van der Waals surface area contributed by atoms with Gasteiger partial charge in [0.15, 0.2) is 5.78 Å². The van der Waals surface area contributed by atoms with Crippen LogP contribution in [0.1, 0.15) is 16.2 Å². The molecular weight excluding hydrogens is 438 g/mol. The molecule has 5 rings (SSSR count). The van der Waals surface area contributed by atoms with Gasteiger partial charge in [0.25, 0.3) is 0 Å². The van der Waals surface area contributed by atoms with E-state index in [2.05, 4.69) is 37.9 Å². The lowest BCUT2D eigenvalue weighted by Gasteiger charge is -2.33. The van der Waals surface area contributed by atoms with Crippen molar-refractivity contribution in [2.75, 3.05) is 57.1 Å². The zero-order valence-corrected chi connectivity index (χ0v) is 20.3. The van der Waals surface area contributed by atoms with Gasteiger partial charge < -0.3 is 14.7 Å². The molecule has 0 unspecified atom stereocenters. The maximum Gasteiger partial charge on any atom is 0.170 e. The number of pyridine rings is 2. The van der Waals surface area contributed by atoms with E-state index < -0.39 is 0 Å². The average Bonchev–Trinajstić information content (AvgIpc) is 2.89. The summed E-state index contributed by atoms with van der Waals surface area (Å²) in [4.78, 5) is 37.6. The van der Waals surface area contributed by atoms with Gasteiger partial charge in [0.2, 0.25) is 0 Å². The Morgan fingerprint density at radius 1 is 0.943 bits per heavy atom. The van der Waals surface area contributed by atoms with Gasteiger partial charge in [-0.15, -0.1) is 0 Å². The molecule has 35 heavy (non-hydrogen) atoms. The first-order chi connectivity index (χ1) is 17.0. The van der Waals surface area contributed by atoms with Crippen molar-refractivity contribution in [1.82, 2.24) is 24.8 Å². The Balaban J connectivity index is 1.36. The summed E-state index contributed by atoms with van der Waals surface area (Å²) in [7, 11) is 6.11. The number of hydrogen-bond acceptors (Lipinski definition) is 8. The van der Waals surface area contributed by atoms with Crippen LogP contribution in [0.4, 0.5) is 11.5 Å². The minimum Gasteiger partial charge on any atom is -0.376 e. The highest BCUT2D eigenvalue weighted by Crippen LogP contribution is 2.26. The first kappa shape index (κ1) is 22.9. The van der Waals surface area contributed by atoms with E-state index >= 15 is 0 Å². The van der Waals surface area contributed by atoms with Gasteiger partial charge in [0, 0.05) is 75.4 Å². The summed E-state index contributed by atoms with van der Waals surface area (Å²) in [5.74, 6) is 1.35. The van der Waals surface area contributed by atoms with E-state index in [0.717, 1.165) is 59.7 Å². The van der Waals surface area contributed by atoms with E-state index in [4.69, 9.17) is 4.98 Å². The van der Waals surface area contributed by atoms with Gasteiger partial charge in [0.1, 0.15) is 11.6 Å². The Morgan fingerprint density at radius 3 is 2.57 bits per heavy atom. The number of likely N-dealkylation sites (N-methyl/N-ethyl adjacent to an activating group) is 1. The fourth-order valence-electron chi connectivity index (χ4n) is 4.20. The third-order valence-electron chi connectivity index (χ3n) is 6.42. The topological polar surface area (TPSA) is 78.4 Å². The minimum atomic E-state index is -0.0128. The van der Waals surface area contributed by atoms with Crippen molar-refractivity contribution in [3.05, 3.63) is 72.6 Å². The number of hydrogen-bond donors (Lipinski definition) is 0. The van der Waals surface area contributed by atoms with Gasteiger partial charge in [0.05, 0.1) is 23.8 Å². The van der Waals surface area contributed by atoms with Crippen molar-refractivity contribution in [3.63, 3.8) is 0 Å². The summed E-state index contributed by atoms with van der Waals surface area (Å²) in [5, 5.41) is 0.933. The molecule has 1 saturated heterocycles. The third-order valence-corrected chi connectivity index (χ3v) is 6.42. The number of anilines is 2. The highest BCUT2D eigenvalue weighted by atomic mass is 16.1. The number of aromatic nitrogens is 4. The van der Waals surface area contributed by atoms with Crippen LogP contribution in [-0.2, 0) is 6.42 Å². The van der Waals surface area contributed by atoms with Crippen LogP contribution in [-0.4, -0.2) is 77.9 Å². The molecule has 0 saturated carbocycles. The number of benzene rings is 1. The van der Waals surface area contributed by atoms with Gasteiger partial charge in [-0.1, -0.05) is 12.1 Å². The lowest BCUT2D eigenvalue weighted by atomic mass is 10.0. The third kappa shape index (κ3) is 5.12. The number of carbonyl (C=O) groups excluding carboxylic acids is 1. The van der Waals surface area contributed by atoms with Gasteiger partial charge in [-0.05, 0) is 36.9 Å². The van der Waals surface area contributed by atoms with Crippen LogP contribution in [0.15, 0.2) is 61.2 Å². The number of carbonyl (C=O) groups is 1. The first-order valence-corrected chi connectivity index (χ1v) is 11.8. The molecule has 0 spiro atoms. The second-order valence-corrected chi connectivity index (χ2v) is 9.18. The summed E-state index contributed by atoms with van der Waals surface area (Å²) in [5.41, 5.74) is 4.52. The fraction of sp³-hybridized carbons (Fsp3) is 0.296. The van der Waals surface area contributed by atoms with Crippen LogP contribution < -0.4 is 9.80 Å². The predicted octanol–water partition coefficient (Wildman–Crippen LogP) is 3.33. The lowest BCUT2D eigenvalue weighted by Crippen LogP contribution is -2.44. The number of ketones is 1. The van der Waals surface area contributed by atoms with Crippen molar-refractivity contribution in [2.45, 2.75) is 6.42 Å². The molecule has 1 aliphatic rings. The number of fused-ring (bicyclic) bond motifs is 1. The Labute approximate surface area is 205 Å². The van der Waals surface area contributed by atoms with E-state index in [-0.39, 0.29) is 12.2 Å². The highest BCUT2D eigenvalue weighted by Gasteiger charge is 2.17. The second kappa shape index (κ2) is 9.76. The van der Waals surface area contributed by atoms with Crippen molar-refractivity contribution >= 4 is 28.2 Å². The van der Waals surface area contributed by atoms with Crippen molar-refractivity contribution in [2.24, 2.45) is 0 Å². The molecule has 8 heteroatoms. The van der Waals surface area contributed by atoms with Gasteiger partial charge >= 0.3 is 0 Å². The molecule has 3 aromatic heterocycles. The standard InChI is InChI=1S/C27H29N7O/c1-32(2)23-12-22(16-28-18-23)19-4-5-21-17-30-26(31-24(21)13-19)15-25(35)20-6-7-29-27(14-20)34-10-8-33(3)9-11-34/h4-7,12-14,16-18H,8-11,15H2,1-3H3. The average molecular weight is 468 g/mol. The van der Waals surface area contributed by atoms with Crippen molar-refractivity contribution < 1.29 is 4.79 Å². The smallest absolute Gasteiger partial charge is 0.170 e. The second-order valence-electron chi connectivity index (χ2n) is 9.18. The van der Waals surface area contributed by atoms with Crippen LogP contribution in [0, 0.1) is 0 Å². The maximum atomic E-state index is 13.1. The molecule has 1 aliphatic heterocycles. The van der Waals surface area contributed by atoms with Crippen molar-refractivity contribution in [1.29, 1.82) is 0 Å². The Bertz CT molecular complexity index is 1360. The monoisotopic (exact) mass is 467 g/mol. The molecule has 0 amide bonds. The maximum absolute atomic E-state index is 13.1. The molecule has 0 atom stereocenters. The van der Waals surface area contributed by atoms with E-state index in [1.807, 2.05) is 55.7 Å². The van der Waals surface area contributed by atoms with E-state index in [1.54, 1.807) is 18.5 Å². The van der Waals surface area contributed by atoms with Crippen LogP contribution >= 0.6 is 0 Å². The molecule has 4 heterocycles. The molecule has 0 radical (unpaired) electrons. The Kier molecular flexibility index (Phi) is 6.37. The Morgan fingerprint density at radius 2 is 1.77 bits per heavy atom. The fourth-order valence-corrected chi connectivity index (χ4v) is 4.20. The summed E-state index contributed by atoms with van der Waals surface area (Å²) < 4.78 is 0. The number of nitrogens with zero attached hydrogens (tertiary/aromatic N) is 7. The molecule has 1 fully saturated rings. The molecule has 178 valence electrons. The lowest BCUT2D eigenvalue weighted by molar-refractivity contribution is 0.0991. The number of rotatable bonds is 6. The molecule has 0 N–H and O–H groups in total. The SMILES string of the molecule is CN1CCN(c2cc(C(=O)Cc3ncc4ccc(-c5cncc(N(C)C)c5)cc4n3)ccn2)CC1. The first-order valence-electron chi connectivity index (χ1n) is 11.8. The normalized spacial score (nSPS) is 14.3. The van der Waals surface area contributed by atoms with Crippen LogP contribution in [0.5, 0.6) is 0 Å². The van der Waals surface area contributed by atoms with Crippen LogP contribution in [0.25, 0.3) is 22.0 Å². The van der Waals surface area contributed by atoms with Gasteiger partial charge in [-0.3, -0.25) is 9.78 Å². The van der Waals surface area contributed by atoms with Gasteiger partial charge in [-0.2, -0.15) is 0 Å². The van der Waals surface area contributed by atoms with Crippen LogP contribution in [0.3, 0.4) is 0 Å². The predicted molar refractivity (Wildman–Crippen MR) is 139 cm³/mol. The summed E-state index contributed by atoms with van der Waals surface area (Å²) in [6, 6.07) is 11.8. The highest BCUT2D eigenvalue weighted by molar-refractivity contribution is 5.98. The summed E-state index contributed by atoms with van der Waals surface area (Å²) in [6.07, 6.45) is 7.33. The van der Waals surface area contributed by atoms with Crippen LogP contribution in [0.2, 0.25) is 0 Å². The summed E-state index contributed by atoms with van der Waals surface area (Å²) in [6.45, 7) is 3.79. The molecule has 4 aromatic rings. The number of piperazine rings is 1. The quantitative estimate of drug-likeness (QED) is 0.400.